The van der Waals surface area contributed by atoms with Crippen molar-refractivity contribution in [3.8, 4) is 5.75 Å². The second-order valence-electron chi connectivity index (χ2n) is 10.4. The van der Waals surface area contributed by atoms with E-state index in [1.165, 1.54) is 18.1 Å². The highest BCUT2D eigenvalue weighted by Gasteiger charge is 2.35. The minimum atomic E-state index is -3.97. The second-order valence-corrected chi connectivity index (χ2v) is 13.2. The molecule has 2 amide bonds. The normalized spacial score (nSPS) is 14.3. The topological polar surface area (TPSA) is 96.0 Å². The molecule has 0 spiro atoms. The Morgan fingerprint density at radius 1 is 0.952 bits per heavy atom. The van der Waals surface area contributed by atoms with Gasteiger partial charge >= 0.3 is 0 Å². The van der Waals surface area contributed by atoms with Crippen molar-refractivity contribution in [1.82, 2.24) is 10.2 Å². The van der Waals surface area contributed by atoms with E-state index in [1.807, 2.05) is 30.3 Å². The molecule has 1 aliphatic rings. The summed E-state index contributed by atoms with van der Waals surface area (Å²) < 4.78 is 32.5. The van der Waals surface area contributed by atoms with E-state index in [0.29, 0.717) is 5.02 Å². The van der Waals surface area contributed by atoms with Crippen LogP contribution in [0, 0.1) is 0 Å². The number of ether oxygens (including phenoxy) is 1. The number of hydrogen-bond donors (Lipinski definition) is 1. The van der Waals surface area contributed by atoms with Crippen LogP contribution in [0.3, 0.4) is 0 Å². The Kier molecular flexibility index (Phi) is 10.8. The molecule has 1 unspecified atom stereocenters. The number of anilines is 1. The summed E-state index contributed by atoms with van der Waals surface area (Å²) in [6.45, 7) is -0.499. The molecule has 1 aliphatic carbocycles. The van der Waals surface area contributed by atoms with E-state index in [2.05, 4.69) is 5.32 Å². The van der Waals surface area contributed by atoms with Crippen molar-refractivity contribution in [1.29, 1.82) is 0 Å². The SMILES string of the molecule is COc1ccc(Cl)cc1N(CC(=O)N(Cc1ccc(Cl)cc1)C(Cc1ccccc1)C(=O)NC1CCCC1)S(C)(=O)=O. The molecule has 0 aromatic heterocycles. The van der Waals surface area contributed by atoms with E-state index in [1.54, 1.807) is 36.4 Å². The van der Waals surface area contributed by atoms with Gasteiger partial charge in [0.25, 0.3) is 0 Å². The number of methoxy groups -OCH3 is 1. The molecule has 3 aromatic carbocycles. The Bertz CT molecular complexity index is 1480. The van der Waals surface area contributed by atoms with E-state index in [9.17, 15) is 18.0 Å². The molecular weight excluding hydrogens is 597 g/mol. The highest BCUT2D eigenvalue weighted by Crippen LogP contribution is 2.33. The van der Waals surface area contributed by atoms with Gasteiger partial charge in [-0.15, -0.1) is 0 Å². The lowest BCUT2D eigenvalue weighted by atomic mass is 10.0. The van der Waals surface area contributed by atoms with Crippen molar-refractivity contribution in [2.24, 2.45) is 0 Å². The Balaban J connectivity index is 1.75. The first-order valence-corrected chi connectivity index (χ1v) is 16.3. The molecule has 8 nitrogen and oxygen atoms in total. The third kappa shape index (κ3) is 8.40. The fourth-order valence-corrected chi connectivity index (χ4v) is 6.30. The predicted molar refractivity (Wildman–Crippen MR) is 167 cm³/mol. The summed E-state index contributed by atoms with van der Waals surface area (Å²) in [5, 5.41) is 3.96. The quantitative estimate of drug-likeness (QED) is 0.286. The zero-order chi connectivity index (χ0) is 30.3. The van der Waals surface area contributed by atoms with Gasteiger partial charge in [-0.3, -0.25) is 13.9 Å². The average Bonchev–Trinajstić information content (AvgIpc) is 3.47. The van der Waals surface area contributed by atoms with Crippen molar-refractivity contribution >= 4 is 50.7 Å². The maximum Gasteiger partial charge on any atom is 0.244 e. The molecule has 0 aliphatic heterocycles. The monoisotopic (exact) mass is 631 g/mol. The number of carbonyl (C=O) groups excluding carboxylic acids is 2. The van der Waals surface area contributed by atoms with Crippen LogP contribution in [0.2, 0.25) is 10.0 Å². The van der Waals surface area contributed by atoms with Crippen LogP contribution in [-0.4, -0.2) is 57.1 Å². The van der Waals surface area contributed by atoms with Crippen molar-refractivity contribution < 1.29 is 22.7 Å². The lowest BCUT2D eigenvalue weighted by Crippen LogP contribution is -2.54. The van der Waals surface area contributed by atoms with Gasteiger partial charge in [-0.25, -0.2) is 8.42 Å². The Labute approximate surface area is 257 Å². The lowest BCUT2D eigenvalue weighted by molar-refractivity contribution is -0.140. The molecule has 0 saturated heterocycles. The standard InChI is InChI=1S/C31H35Cl2N3O5S/c1-41-29-17-16-25(33)19-27(29)36(42(2,39)40)21-30(37)35(20-23-12-14-24(32)15-13-23)28(18-22-8-4-3-5-9-22)31(38)34-26-10-6-7-11-26/h3-5,8-9,12-17,19,26,28H,6-7,10-11,18,20-21H2,1-2H3,(H,34,38). The molecule has 4 rings (SSSR count). The van der Waals surface area contributed by atoms with Gasteiger partial charge in [-0.2, -0.15) is 0 Å². The number of amides is 2. The maximum atomic E-state index is 14.2. The van der Waals surface area contributed by atoms with Gasteiger partial charge in [-0.05, 0) is 54.3 Å². The van der Waals surface area contributed by atoms with Gasteiger partial charge in [0.05, 0.1) is 19.1 Å². The third-order valence-electron chi connectivity index (χ3n) is 7.33. The number of carbonyl (C=O) groups is 2. The maximum absolute atomic E-state index is 14.2. The summed E-state index contributed by atoms with van der Waals surface area (Å²) in [4.78, 5) is 29.6. The minimum Gasteiger partial charge on any atom is -0.495 e. The highest BCUT2D eigenvalue weighted by molar-refractivity contribution is 7.92. The van der Waals surface area contributed by atoms with Crippen LogP contribution < -0.4 is 14.4 Å². The molecule has 1 N–H and O–H groups in total. The summed E-state index contributed by atoms with van der Waals surface area (Å²) in [5.74, 6) is -0.596. The summed E-state index contributed by atoms with van der Waals surface area (Å²) in [7, 11) is -2.56. The molecule has 1 atom stereocenters. The van der Waals surface area contributed by atoms with Crippen LogP contribution in [0.4, 0.5) is 5.69 Å². The Hall–Kier alpha value is -3.27. The first kappa shape index (κ1) is 31.7. The van der Waals surface area contributed by atoms with E-state index < -0.39 is 28.5 Å². The molecule has 0 radical (unpaired) electrons. The zero-order valence-electron chi connectivity index (χ0n) is 23.6. The van der Waals surface area contributed by atoms with E-state index in [-0.39, 0.29) is 41.4 Å². The number of hydrogen-bond acceptors (Lipinski definition) is 5. The molecule has 1 saturated carbocycles. The van der Waals surface area contributed by atoms with Crippen molar-refractivity contribution in [3.63, 3.8) is 0 Å². The number of nitrogens with one attached hydrogen (secondary N) is 1. The smallest absolute Gasteiger partial charge is 0.244 e. The van der Waals surface area contributed by atoms with E-state index in [0.717, 1.165) is 47.4 Å². The number of halogens is 2. The predicted octanol–water partition coefficient (Wildman–Crippen LogP) is 5.47. The summed E-state index contributed by atoms with van der Waals surface area (Å²) >= 11 is 12.3. The highest BCUT2D eigenvalue weighted by atomic mass is 35.5. The fourth-order valence-electron chi connectivity index (χ4n) is 5.16. The van der Waals surface area contributed by atoms with Gasteiger partial charge < -0.3 is 15.0 Å². The lowest BCUT2D eigenvalue weighted by Gasteiger charge is -2.34. The van der Waals surface area contributed by atoms with Gasteiger partial charge in [-0.1, -0.05) is 78.5 Å². The van der Waals surface area contributed by atoms with Crippen LogP contribution in [-0.2, 0) is 32.6 Å². The molecule has 0 bridgehead atoms. The largest absolute Gasteiger partial charge is 0.495 e. The van der Waals surface area contributed by atoms with Crippen molar-refractivity contribution in [3.05, 3.63) is 94.0 Å². The average molecular weight is 633 g/mol. The number of rotatable bonds is 12. The summed E-state index contributed by atoms with van der Waals surface area (Å²) in [5.41, 5.74) is 1.74. The number of benzene rings is 3. The summed E-state index contributed by atoms with van der Waals surface area (Å²) in [6, 6.07) is 20.1. The first-order valence-electron chi connectivity index (χ1n) is 13.7. The van der Waals surface area contributed by atoms with Crippen LogP contribution in [0.25, 0.3) is 0 Å². The van der Waals surface area contributed by atoms with Gasteiger partial charge in [0, 0.05) is 29.1 Å². The zero-order valence-corrected chi connectivity index (χ0v) is 26.0. The Morgan fingerprint density at radius 2 is 1.60 bits per heavy atom. The van der Waals surface area contributed by atoms with Crippen molar-refractivity contribution in [2.45, 2.75) is 50.7 Å². The number of nitrogens with zero attached hydrogens (tertiary/aromatic N) is 2. The van der Waals surface area contributed by atoms with E-state index >= 15 is 0 Å². The van der Waals surface area contributed by atoms with Crippen LogP contribution in [0.15, 0.2) is 72.8 Å². The molecular formula is C31H35Cl2N3O5S. The minimum absolute atomic E-state index is 0.0338. The second kappa shape index (κ2) is 14.3. The van der Waals surface area contributed by atoms with Crippen LogP contribution in [0.5, 0.6) is 5.75 Å². The third-order valence-corrected chi connectivity index (χ3v) is 8.94. The van der Waals surface area contributed by atoms with Crippen LogP contribution >= 0.6 is 23.2 Å². The molecule has 42 heavy (non-hydrogen) atoms. The van der Waals surface area contributed by atoms with Gasteiger partial charge in [0.2, 0.25) is 21.8 Å². The molecule has 0 heterocycles. The molecule has 3 aromatic rings. The Morgan fingerprint density at radius 3 is 2.21 bits per heavy atom. The van der Waals surface area contributed by atoms with Crippen molar-refractivity contribution in [2.75, 3.05) is 24.2 Å². The molecule has 11 heteroatoms. The molecule has 224 valence electrons. The van der Waals surface area contributed by atoms with Crippen LogP contribution in [0.1, 0.15) is 36.8 Å². The first-order chi connectivity index (χ1) is 20.0. The van der Waals surface area contributed by atoms with E-state index in [4.69, 9.17) is 27.9 Å². The van der Waals surface area contributed by atoms with Gasteiger partial charge in [0.1, 0.15) is 18.3 Å². The summed E-state index contributed by atoms with van der Waals surface area (Å²) in [6.07, 6.45) is 5.09. The fraction of sp³-hybridized carbons (Fsp3) is 0.355. The number of sulfonamides is 1. The van der Waals surface area contributed by atoms with Gasteiger partial charge in [0.15, 0.2) is 0 Å². The molecule has 1 fully saturated rings.